The lowest BCUT2D eigenvalue weighted by molar-refractivity contribution is -0.147. The molecule has 1 unspecified atom stereocenters. The number of carboxylic acids is 1. The van der Waals surface area contributed by atoms with Crippen molar-refractivity contribution in [3.05, 3.63) is 0 Å². The number of aliphatic carboxylic acids is 1. The average molecular weight is 288 g/mol. The van der Waals surface area contributed by atoms with E-state index in [-0.39, 0.29) is 5.92 Å². The maximum atomic E-state index is 11.8. The van der Waals surface area contributed by atoms with Gasteiger partial charge in [-0.05, 0) is 25.3 Å². The summed E-state index contributed by atoms with van der Waals surface area (Å²) in [5.41, 5.74) is -0.837. The van der Waals surface area contributed by atoms with E-state index in [1.165, 1.54) is 0 Å². The number of carbonyl (C=O) groups is 1. The summed E-state index contributed by atoms with van der Waals surface area (Å²) in [5.74, 6) is -0.519. The molecule has 1 aliphatic rings. The normalized spacial score (nSPS) is 18.2. The fraction of sp³-hybridized carbons (Fsp3) is 0.929. The van der Waals surface area contributed by atoms with Crippen LogP contribution in [0.1, 0.15) is 19.8 Å². The Morgan fingerprint density at radius 3 is 2.20 bits per heavy atom. The first kappa shape index (κ1) is 17.4. The van der Waals surface area contributed by atoms with Crippen molar-refractivity contribution in [3.63, 3.8) is 0 Å². The van der Waals surface area contributed by atoms with Gasteiger partial charge in [-0.3, -0.25) is 9.69 Å². The molecule has 0 aliphatic heterocycles. The maximum Gasteiger partial charge on any atom is 0.325 e. The summed E-state index contributed by atoms with van der Waals surface area (Å²) >= 11 is 0. The summed E-state index contributed by atoms with van der Waals surface area (Å²) in [5, 5.41) is 12.9. The number of rotatable bonds is 12. The van der Waals surface area contributed by atoms with Gasteiger partial charge >= 0.3 is 5.97 Å². The monoisotopic (exact) mass is 288 g/mol. The molecule has 2 N–H and O–H groups in total. The zero-order chi connectivity index (χ0) is 15.0. The predicted molar refractivity (Wildman–Crippen MR) is 77.0 cm³/mol. The van der Waals surface area contributed by atoms with E-state index in [9.17, 15) is 9.90 Å². The minimum Gasteiger partial charge on any atom is -0.480 e. The molecule has 0 saturated heterocycles. The SMILES string of the molecule is CCNC(CN(CCOC)CCOC)(C(=O)O)C1CC1. The molecule has 20 heavy (non-hydrogen) atoms. The summed E-state index contributed by atoms with van der Waals surface area (Å²) < 4.78 is 10.2. The summed E-state index contributed by atoms with van der Waals surface area (Å²) in [7, 11) is 3.31. The number of nitrogens with zero attached hydrogens (tertiary/aromatic N) is 1. The van der Waals surface area contributed by atoms with Crippen LogP contribution in [0.4, 0.5) is 0 Å². The van der Waals surface area contributed by atoms with Gasteiger partial charge in [-0.1, -0.05) is 6.92 Å². The Morgan fingerprint density at radius 2 is 1.85 bits per heavy atom. The van der Waals surface area contributed by atoms with Gasteiger partial charge in [0.2, 0.25) is 0 Å². The fourth-order valence-corrected chi connectivity index (χ4v) is 2.60. The molecule has 0 heterocycles. The van der Waals surface area contributed by atoms with Crippen molar-refractivity contribution in [2.75, 3.05) is 53.6 Å². The van der Waals surface area contributed by atoms with Gasteiger partial charge < -0.3 is 19.9 Å². The molecule has 1 saturated carbocycles. The van der Waals surface area contributed by atoms with Gasteiger partial charge in [-0.25, -0.2) is 0 Å². The first-order chi connectivity index (χ1) is 9.60. The van der Waals surface area contributed by atoms with Gasteiger partial charge in [0.1, 0.15) is 5.54 Å². The molecule has 0 aromatic rings. The fourth-order valence-electron chi connectivity index (χ4n) is 2.60. The largest absolute Gasteiger partial charge is 0.480 e. The molecular formula is C14H28N2O4. The number of methoxy groups -OCH3 is 2. The molecule has 6 nitrogen and oxygen atoms in total. The van der Waals surface area contributed by atoms with Gasteiger partial charge in [-0.15, -0.1) is 0 Å². The average Bonchev–Trinajstić information content (AvgIpc) is 3.25. The van der Waals surface area contributed by atoms with Crippen LogP contribution in [0.5, 0.6) is 0 Å². The second kappa shape index (κ2) is 8.56. The highest BCUT2D eigenvalue weighted by atomic mass is 16.5. The van der Waals surface area contributed by atoms with E-state index in [0.29, 0.717) is 39.4 Å². The molecule has 0 spiro atoms. The molecule has 0 bridgehead atoms. The molecule has 1 atom stereocenters. The molecule has 6 heteroatoms. The lowest BCUT2D eigenvalue weighted by Crippen LogP contribution is -2.61. The van der Waals surface area contributed by atoms with Crippen molar-refractivity contribution < 1.29 is 19.4 Å². The standard InChI is InChI=1S/C14H28N2O4/c1-4-15-14(13(17)18,12-5-6-12)11-16(7-9-19-2)8-10-20-3/h12,15H,4-11H2,1-3H3,(H,17,18). The Morgan fingerprint density at radius 1 is 1.30 bits per heavy atom. The van der Waals surface area contributed by atoms with Gasteiger partial charge in [0.05, 0.1) is 13.2 Å². The van der Waals surface area contributed by atoms with Crippen LogP contribution in [-0.2, 0) is 14.3 Å². The van der Waals surface area contributed by atoms with Crippen molar-refractivity contribution in [1.82, 2.24) is 10.2 Å². The van der Waals surface area contributed by atoms with Crippen LogP contribution in [0.15, 0.2) is 0 Å². The van der Waals surface area contributed by atoms with Gasteiger partial charge in [-0.2, -0.15) is 0 Å². The van der Waals surface area contributed by atoms with Gasteiger partial charge in [0, 0.05) is 33.9 Å². The van der Waals surface area contributed by atoms with Crippen molar-refractivity contribution in [3.8, 4) is 0 Å². The predicted octanol–water partition coefficient (Wildman–Crippen LogP) is 0.424. The van der Waals surface area contributed by atoms with Crippen LogP contribution in [-0.4, -0.2) is 75.1 Å². The lowest BCUT2D eigenvalue weighted by Gasteiger charge is -2.36. The zero-order valence-corrected chi connectivity index (χ0v) is 12.9. The van der Waals surface area contributed by atoms with E-state index in [0.717, 1.165) is 12.8 Å². The number of likely N-dealkylation sites (N-methyl/N-ethyl adjacent to an activating group) is 1. The van der Waals surface area contributed by atoms with Crippen LogP contribution >= 0.6 is 0 Å². The highest BCUT2D eigenvalue weighted by Gasteiger charge is 2.51. The number of hydrogen-bond donors (Lipinski definition) is 2. The summed E-state index contributed by atoms with van der Waals surface area (Å²) in [6, 6.07) is 0. The van der Waals surface area contributed by atoms with E-state index in [4.69, 9.17) is 9.47 Å². The highest BCUT2D eigenvalue weighted by molar-refractivity contribution is 5.80. The van der Waals surface area contributed by atoms with Crippen molar-refractivity contribution in [1.29, 1.82) is 0 Å². The zero-order valence-electron chi connectivity index (χ0n) is 12.9. The Labute approximate surface area is 121 Å². The van der Waals surface area contributed by atoms with Crippen molar-refractivity contribution >= 4 is 5.97 Å². The summed E-state index contributed by atoms with van der Waals surface area (Å²) in [6.45, 7) is 5.72. The topological polar surface area (TPSA) is 71.0 Å². The van der Waals surface area contributed by atoms with Gasteiger partial charge in [0.15, 0.2) is 0 Å². The summed E-state index contributed by atoms with van der Waals surface area (Å²) in [4.78, 5) is 13.9. The first-order valence-electron chi connectivity index (χ1n) is 7.29. The molecule has 1 aliphatic carbocycles. The van der Waals surface area contributed by atoms with E-state index < -0.39 is 11.5 Å². The van der Waals surface area contributed by atoms with Crippen molar-refractivity contribution in [2.24, 2.45) is 5.92 Å². The first-order valence-corrected chi connectivity index (χ1v) is 7.29. The minimum atomic E-state index is -0.837. The van der Waals surface area contributed by atoms with Crippen LogP contribution in [0.25, 0.3) is 0 Å². The molecular weight excluding hydrogens is 260 g/mol. The van der Waals surface area contributed by atoms with Gasteiger partial charge in [0.25, 0.3) is 0 Å². The summed E-state index contributed by atoms with van der Waals surface area (Å²) in [6.07, 6.45) is 1.98. The molecule has 1 rings (SSSR count). The third-order valence-electron chi connectivity index (χ3n) is 3.84. The smallest absolute Gasteiger partial charge is 0.325 e. The molecule has 0 aromatic heterocycles. The second-order valence-corrected chi connectivity index (χ2v) is 5.34. The Bertz CT molecular complexity index is 289. The number of hydrogen-bond acceptors (Lipinski definition) is 5. The maximum absolute atomic E-state index is 11.8. The quantitative estimate of drug-likeness (QED) is 0.542. The van der Waals surface area contributed by atoms with E-state index in [2.05, 4.69) is 10.2 Å². The lowest BCUT2D eigenvalue weighted by atomic mass is 9.92. The Balaban J connectivity index is 2.74. The number of ether oxygens (including phenoxy) is 2. The van der Waals surface area contributed by atoms with E-state index >= 15 is 0 Å². The van der Waals surface area contributed by atoms with Crippen LogP contribution in [0.2, 0.25) is 0 Å². The Kier molecular flexibility index (Phi) is 7.43. The van der Waals surface area contributed by atoms with Crippen LogP contribution < -0.4 is 5.32 Å². The Hall–Kier alpha value is -0.690. The van der Waals surface area contributed by atoms with Crippen LogP contribution in [0.3, 0.4) is 0 Å². The number of nitrogens with one attached hydrogen (secondary N) is 1. The molecule has 0 radical (unpaired) electrons. The third-order valence-corrected chi connectivity index (χ3v) is 3.84. The minimum absolute atomic E-state index is 0.229. The van der Waals surface area contributed by atoms with E-state index in [1.54, 1.807) is 14.2 Å². The molecule has 0 aromatic carbocycles. The third kappa shape index (κ3) is 4.70. The van der Waals surface area contributed by atoms with E-state index in [1.807, 2.05) is 6.92 Å². The van der Waals surface area contributed by atoms with Crippen molar-refractivity contribution in [2.45, 2.75) is 25.3 Å². The highest BCUT2D eigenvalue weighted by Crippen LogP contribution is 2.40. The second-order valence-electron chi connectivity index (χ2n) is 5.34. The molecule has 118 valence electrons. The number of carboxylic acid groups (broad SMARTS) is 1. The van der Waals surface area contributed by atoms with Crippen LogP contribution in [0, 0.1) is 5.92 Å². The molecule has 1 fully saturated rings. The molecule has 0 amide bonds.